The molecule has 1 saturated heterocycles. The fraction of sp³-hybridized carbons (Fsp3) is 0.889. The predicted molar refractivity (Wildman–Crippen MR) is 57.7 cm³/mol. The molecule has 76 valence electrons. The van der Waals surface area contributed by atoms with E-state index in [4.69, 9.17) is 23.1 Å². The minimum absolute atomic E-state index is 0.336. The number of likely N-dealkylation sites (tertiary alicyclic amines) is 1. The van der Waals surface area contributed by atoms with Crippen LogP contribution < -0.4 is 5.73 Å². The molecule has 0 aromatic carbocycles. The van der Waals surface area contributed by atoms with Gasteiger partial charge in [0.2, 0.25) is 0 Å². The van der Waals surface area contributed by atoms with Crippen molar-refractivity contribution in [3.63, 3.8) is 0 Å². The first kappa shape index (κ1) is 10.9. The highest BCUT2D eigenvalue weighted by atomic mass is 32.1. The fourth-order valence-corrected chi connectivity index (χ4v) is 1.75. The number of aliphatic hydroxyl groups is 1. The van der Waals surface area contributed by atoms with Gasteiger partial charge in [-0.05, 0) is 31.8 Å². The number of piperidine rings is 1. The molecule has 1 rings (SSSR count). The fourth-order valence-electron chi connectivity index (χ4n) is 1.66. The summed E-state index contributed by atoms with van der Waals surface area (Å²) in [4.78, 5) is 2.97. The third-order valence-corrected chi connectivity index (χ3v) is 2.84. The Hall–Kier alpha value is -0.190. The highest BCUT2D eigenvalue weighted by Gasteiger charge is 2.17. The Morgan fingerprint density at radius 2 is 2.08 bits per heavy atom. The minimum atomic E-state index is 0.336. The zero-order valence-corrected chi connectivity index (χ0v) is 8.72. The summed E-state index contributed by atoms with van der Waals surface area (Å²) in [6.45, 7) is 3.47. The molecule has 1 heterocycles. The van der Waals surface area contributed by atoms with Gasteiger partial charge in [-0.3, -0.25) is 0 Å². The summed E-state index contributed by atoms with van der Waals surface area (Å²) in [5.41, 5.74) is 5.43. The number of nitrogens with zero attached hydrogens (tertiary/aromatic N) is 1. The van der Waals surface area contributed by atoms with Crippen molar-refractivity contribution >= 4 is 17.2 Å². The molecule has 4 heteroatoms. The topological polar surface area (TPSA) is 49.5 Å². The lowest BCUT2D eigenvalue weighted by Crippen LogP contribution is -2.36. The molecule has 0 saturated carbocycles. The highest BCUT2D eigenvalue weighted by Crippen LogP contribution is 2.16. The third-order valence-electron chi connectivity index (χ3n) is 2.64. The van der Waals surface area contributed by atoms with Gasteiger partial charge in [-0.1, -0.05) is 12.2 Å². The first-order chi connectivity index (χ1) is 6.22. The van der Waals surface area contributed by atoms with Gasteiger partial charge < -0.3 is 15.7 Å². The van der Waals surface area contributed by atoms with Crippen LogP contribution in [-0.2, 0) is 0 Å². The Morgan fingerprint density at radius 1 is 1.46 bits per heavy atom. The number of hydrogen-bond donors (Lipinski definition) is 2. The molecule has 0 radical (unpaired) electrons. The van der Waals surface area contributed by atoms with Gasteiger partial charge in [-0.2, -0.15) is 0 Å². The highest BCUT2D eigenvalue weighted by molar-refractivity contribution is 7.80. The standard InChI is InChI=1S/C9H18N2OS/c10-9(13)3-6-11-4-1-8(7-12)2-5-11/h8,12H,1-7H2,(H2,10,13). The molecule has 3 N–H and O–H groups in total. The Kier molecular flexibility index (Phi) is 4.62. The molecule has 0 aromatic heterocycles. The van der Waals surface area contributed by atoms with Crippen molar-refractivity contribution in [1.82, 2.24) is 4.90 Å². The van der Waals surface area contributed by atoms with E-state index in [9.17, 15) is 0 Å². The minimum Gasteiger partial charge on any atom is -0.396 e. The summed E-state index contributed by atoms with van der Waals surface area (Å²) in [7, 11) is 0. The predicted octanol–water partition coefficient (Wildman–Crippen LogP) is 0.367. The second-order valence-electron chi connectivity index (χ2n) is 3.68. The van der Waals surface area contributed by atoms with E-state index in [1.807, 2.05) is 0 Å². The van der Waals surface area contributed by atoms with E-state index in [0.29, 0.717) is 17.5 Å². The maximum absolute atomic E-state index is 8.94. The molecule has 1 aliphatic heterocycles. The average molecular weight is 202 g/mol. The molecule has 0 bridgehead atoms. The van der Waals surface area contributed by atoms with Crippen LogP contribution in [0.4, 0.5) is 0 Å². The zero-order valence-electron chi connectivity index (χ0n) is 7.91. The molecule has 0 atom stereocenters. The summed E-state index contributed by atoms with van der Waals surface area (Å²) in [5, 5.41) is 8.94. The van der Waals surface area contributed by atoms with Gasteiger partial charge in [0.05, 0.1) is 4.99 Å². The van der Waals surface area contributed by atoms with Crippen LogP contribution >= 0.6 is 12.2 Å². The Morgan fingerprint density at radius 3 is 2.54 bits per heavy atom. The molecule has 0 aliphatic carbocycles. The maximum Gasteiger partial charge on any atom is 0.0740 e. The normalized spacial score (nSPS) is 20.4. The van der Waals surface area contributed by atoms with Crippen LogP contribution in [0.25, 0.3) is 0 Å². The van der Waals surface area contributed by atoms with Gasteiger partial charge in [0.1, 0.15) is 0 Å². The Labute approximate surface area is 84.9 Å². The number of aliphatic hydroxyl groups excluding tert-OH is 1. The van der Waals surface area contributed by atoms with Crippen LogP contribution in [0.3, 0.4) is 0 Å². The van der Waals surface area contributed by atoms with E-state index in [-0.39, 0.29) is 0 Å². The molecule has 0 spiro atoms. The SMILES string of the molecule is NC(=S)CCN1CCC(CO)CC1. The number of thiocarbonyl (C=S) groups is 1. The van der Waals surface area contributed by atoms with Crippen molar-refractivity contribution in [1.29, 1.82) is 0 Å². The molecule has 0 aromatic rings. The second kappa shape index (κ2) is 5.52. The molecule has 13 heavy (non-hydrogen) atoms. The molecule has 0 amide bonds. The van der Waals surface area contributed by atoms with Crippen LogP contribution in [0.1, 0.15) is 19.3 Å². The molecule has 0 unspecified atom stereocenters. The van der Waals surface area contributed by atoms with E-state index >= 15 is 0 Å². The van der Waals surface area contributed by atoms with Gasteiger partial charge in [0.15, 0.2) is 0 Å². The first-order valence-corrected chi connectivity index (χ1v) is 5.24. The van der Waals surface area contributed by atoms with Gasteiger partial charge in [0.25, 0.3) is 0 Å². The zero-order chi connectivity index (χ0) is 9.68. The van der Waals surface area contributed by atoms with Crippen molar-refractivity contribution in [2.24, 2.45) is 11.7 Å². The summed E-state index contributed by atoms with van der Waals surface area (Å²) < 4.78 is 0. The van der Waals surface area contributed by atoms with E-state index in [1.165, 1.54) is 0 Å². The molecular formula is C9H18N2OS. The van der Waals surface area contributed by atoms with Gasteiger partial charge >= 0.3 is 0 Å². The molecule has 1 fully saturated rings. The Balaban J connectivity index is 2.14. The monoisotopic (exact) mass is 202 g/mol. The van der Waals surface area contributed by atoms with Crippen molar-refractivity contribution in [2.75, 3.05) is 26.2 Å². The number of rotatable bonds is 4. The molecule has 1 aliphatic rings. The number of hydrogen-bond acceptors (Lipinski definition) is 3. The van der Waals surface area contributed by atoms with Gasteiger partial charge in [-0.15, -0.1) is 0 Å². The second-order valence-corrected chi connectivity index (χ2v) is 4.21. The van der Waals surface area contributed by atoms with Crippen molar-refractivity contribution in [3.05, 3.63) is 0 Å². The van der Waals surface area contributed by atoms with E-state index in [2.05, 4.69) is 4.90 Å². The summed E-state index contributed by atoms with van der Waals surface area (Å²) in [6.07, 6.45) is 3.03. The lowest BCUT2D eigenvalue weighted by atomic mass is 9.98. The van der Waals surface area contributed by atoms with E-state index < -0.39 is 0 Å². The van der Waals surface area contributed by atoms with Gasteiger partial charge in [0, 0.05) is 19.6 Å². The lowest BCUT2D eigenvalue weighted by molar-refractivity contribution is 0.133. The average Bonchev–Trinajstić information content (AvgIpc) is 2.15. The summed E-state index contributed by atoms with van der Waals surface area (Å²) in [5.74, 6) is 0.515. The van der Waals surface area contributed by atoms with Gasteiger partial charge in [-0.25, -0.2) is 0 Å². The van der Waals surface area contributed by atoms with Crippen molar-refractivity contribution in [3.8, 4) is 0 Å². The van der Waals surface area contributed by atoms with Crippen LogP contribution in [0.2, 0.25) is 0 Å². The van der Waals surface area contributed by atoms with Crippen molar-refractivity contribution < 1.29 is 5.11 Å². The maximum atomic E-state index is 8.94. The summed E-state index contributed by atoms with van der Waals surface area (Å²) in [6, 6.07) is 0. The van der Waals surface area contributed by atoms with Crippen LogP contribution in [0.5, 0.6) is 0 Å². The third kappa shape index (κ3) is 4.02. The molecule has 3 nitrogen and oxygen atoms in total. The van der Waals surface area contributed by atoms with E-state index in [0.717, 1.165) is 38.9 Å². The Bertz CT molecular complexity index is 167. The van der Waals surface area contributed by atoms with E-state index in [1.54, 1.807) is 0 Å². The lowest BCUT2D eigenvalue weighted by Gasteiger charge is -2.30. The van der Waals surface area contributed by atoms with Crippen LogP contribution in [0, 0.1) is 5.92 Å². The largest absolute Gasteiger partial charge is 0.396 e. The first-order valence-electron chi connectivity index (χ1n) is 4.84. The smallest absolute Gasteiger partial charge is 0.0740 e. The van der Waals surface area contributed by atoms with Crippen LogP contribution in [0.15, 0.2) is 0 Å². The summed E-state index contributed by atoms with van der Waals surface area (Å²) >= 11 is 4.82. The van der Waals surface area contributed by atoms with Crippen LogP contribution in [-0.4, -0.2) is 41.2 Å². The number of nitrogens with two attached hydrogens (primary N) is 1. The van der Waals surface area contributed by atoms with Crippen molar-refractivity contribution in [2.45, 2.75) is 19.3 Å². The quantitative estimate of drug-likeness (QED) is 0.647. The molecular weight excluding hydrogens is 184 g/mol.